The molecule has 1 aliphatic heterocycles. The van der Waals surface area contributed by atoms with Crippen LogP contribution < -0.4 is 0 Å². The van der Waals surface area contributed by atoms with Gasteiger partial charge in [-0.1, -0.05) is 37.5 Å². The molecule has 15 heavy (non-hydrogen) atoms. The molecule has 0 aromatic carbocycles. The zero-order valence-corrected chi connectivity index (χ0v) is 9.59. The minimum Gasteiger partial charge on any atom is -0.381 e. The highest BCUT2D eigenvalue weighted by Gasteiger charge is 2.16. The molecule has 0 amide bonds. The highest BCUT2D eigenvalue weighted by molar-refractivity contribution is 5.39. The van der Waals surface area contributed by atoms with Crippen molar-refractivity contribution in [3.8, 4) is 0 Å². The van der Waals surface area contributed by atoms with Gasteiger partial charge in [0.1, 0.15) is 0 Å². The van der Waals surface area contributed by atoms with Crippen LogP contribution in [0.3, 0.4) is 0 Å². The lowest BCUT2D eigenvalue weighted by Crippen LogP contribution is -2.18. The second kappa shape index (κ2) is 5.72. The van der Waals surface area contributed by atoms with Crippen molar-refractivity contribution in [3.63, 3.8) is 0 Å². The second-order valence-corrected chi connectivity index (χ2v) is 4.07. The average molecular weight is 204 g/mol. The fourth-order valence-corrected chi connectivity index (χ4v) is 1.67. The Balaban J connectivity index is 2.72. The van der Waals surface area contributed by atoms with Gasteiger partial charge in [0.25, 0.3) is 0 Å². The predicted molar refractivity (Wildman–Crippen MR) is 65.8 cm³/mol. The van der Waals surface area contributed by atoms with E-state index in [9.17, 15) is 0 Å². The number of ether oxygens (including phenoxy) is 1. The lowest BCUT2D eigenvalue weighted by atomic mass is 9.91. The summed E-state index contributed by atoms with van der Waals surface area (Å²) in [6, 6.07) is 0. The molecule has 0 aromatic heterocycles. The summed E-state index contributed by atoms with van der Waals surface area (Å²) in [5.74, 6) is 0.479. The topological polar surface area (TPSA) is 9.23 Å². The summed E-state index contributed by atoms with van der Waals surface area (Å²) in [7, 11) is 0. The van der Waals surface area contributed by atoms with E-state index in [4.69, 9.17) is 4.74 Å². The third-order valence-corrected chi connectivity index (χ3v) is 2.76. The molecule has 1 rings (SSSR count). The number of hydrogen-bond donors (Lipinski definition) is 0. The summed E-state index contributed by atoms with van der Waals surface area (Å²) in [5.41, 5.74) is 3.21. The molecule has 1 saturated heterocycles. The fourth-order valence-electron chi connectivity index (χ4n) is 1.67. The zero-order valence-electron chi connectivity index (χ0n) is 9.59. The van der Waals surface area contributed by atoms with Gasteiger partial charge in [0.2, 0.25) is 0 Å². The molecule has 1 heteroatoms. The van der Waals surface area contributed by atoms with Crippen molar-refractivity contribution >= 4 is 0 Å². The predicted octanol–water partition coefficient (Wildman–Crippen LogP) is 3.66. The molecule has 0 N–H and O–H groups in total. The highest BCUT2D eigenvalue weighted by atomic mass is 16.5. The third-order valence-electron chi connectivity index (χ3n) is 2.76. The summed E-state index contributed by atoms with van der Waals surface area (Å²) >= 11 is 0. The Kier molecular flexibility index (Phi) is 4.57. The standard InChI is InChI=1S/C14H20O/c1-5-13(9-12(4)11(2)3)14-7-6-8-15-10-14/h5,9,14H,1-2,4,6-8,10H2,3H3/b13-9+. The van der Waals surface area contributed by atoms with Gasteiger partial charge in [0.05, 0.1) is 6.61 Å². The number of allylic oxidation sites excluding steroid dienone is 4. The van der Waals surface area contributed by atoms with Crippen LogP contribution in [0.15, 0.2) is 48.6 Å². The Bertz CT molecular complexity index is 290. The minimum absolute atomic E-state index is 0.479. The molecule has 0 saturated carbocycles. The Hall–Kier alpha value is -1.08. The van der Waals surface area contributed by atoms with Crippen molar-refractivity contribution in [2.75, 3.05) is 13.2 Å². The normalized spacial score (nSPS) is 22.2. The monoisotopic (exact) mass is 204 g/mol. The van der Waals surface area contributed by atoms with E-state index in [1.54, 1.807) is 0 Å². The first kappa shape index (κ1) is 12.0. The molecule has 0 radical (unpaired) electrons. The van der Waals surface area contributed by atoms with Crippen molar-refractivity contribution in [2.24, 2.45) is 5.92 Å². The molecule has 0 bridgehead atoms. The van der Waals surface area contributed by atoms with Crippen LogP contribution in [0.2, 0.25) is 0 Å². The number of rotatable bonds is 4. The Morgan fingerprint density at radius 3 is 2.60 bits per heavy atom. The van der Waals surface area contributed by atoms with E-state index in [-0.39, 0.29) is 0 Å². The first-order valence-corrected chi connectivity index (χ1v) is 5.41. The van der Waals surface area contributed by atoms with Crippen molar-refractivity contribution < 1.29 is 4.74 Å². The fraction of sp³-hybridized carbons (Fsp3) is 0.429. The molecule has 1 heterocycles. The second-order valence-electron chi connectivity index (χ2n) is 4.07. The first-order chi connectivity index (χ1) is 7.15. The van der Waals surface area contributed by atoms with E-state index in [2.05, 4.69) is 25.8 Å². The van der Waals surface area contributed by atoms with Crippen LogP contribution in [0.4, 0.5) is 0 Å². The summed E-state index contributed by atoms with van der Waals surface area (Å²) in [6.45, 7) is 15.4. The Labute approximate surface area is 92.8 Å². The van der Waals surface area contributed by atoms with Crippen LogP contribution in [0.1, 0.15) is 19.8 Å². The van der Waals surface area contributed by atoms with Crippen LogP contribution in [-0.4, -0.2) is 13.2 Å². The summed E-state index contributed by atoms with van der Waals surface area (Å²) in [6.07, 6.45) is 6.30. The van der Waals surface area contributed by atoms with E-state index < -0.39 is 0 Å². The summed E-state index contributed by atoms with van der Waals surface area (Å²) in [4.78, 5) is 0. The maximum Gasteiger partial charge on any atom is 0.0534 e. The van der Waals surface area contributed by atoms with Crippen molar-refractivity contribution in [1.82, 2.24) is 0 Å². The zero-order chi connectivity index (χ0) is 11.3. The lowest BCUT2D eigenvalue weighted by Gasteiger charge is -2.23. The van der Waals surface area contributed by atoms with E-state index in [1.807, 2.05) is 13.0 Å². The minimum atomic E-state index is 0.479. The van der Waals surface area contributed by atoms with Crippen LogP contribution >= 0.6 is 0 Å². The van der Waals surface area contributed by atoms with Crippen LogP contribution in [0, 0.1) is 5.92 Å². The molecule has 1 nitrogen and oxygen atoms in total. The van der Waals surface area contributed by atoms with Crippen LogP contribution in [0.5, 0.6) is 0 Å². The summed E-state index contributed by atoms with van der Waals surface area (Å²) < 4.78 is 5.47. The molecule has 0 aromatic rings. The molecule has 0 spiro atoms. The highest BCUT2D eigenvalue weighted by Crippen LogP contribution is 2.24. The first-order valence-electron chi connectivity index (χ1n) is 5.41. The molecule has 1 unspecified atom stereocenters. The summed E-state index contributed by atoms with van der Waals surface area (Å²) in [5, 5.41) is 0. The van der Waals surface area contributed by atoms with Crippen LogP contribution in [0.25, 0.3) is 0 Å². The van der Waals surface area contributed by atoms with Gasteiger partial charge < -0.3 is 4.74 Å². The smallest absolute Gasteiger partial charge is 0.0534 e. The molecule has 1 aliphatic rings. The van der Waals surface area contributed by atoms with Gasteiger partial charge in [-0.3, -0.25) is 0 Å². The van der Waals surface area contributed by atoms with E-state index in [0.717, 1.165) is 30.8 Å². The Morgan fingerprint density at radius 2 is 2.13 bits per heavy atom. The van der Waals surface area contributed by atoms with E-state index >= 15 is 0 Å². The molecule has 82 valence electrons. The molecule has 0 aliphatic carbocycles. The van der Waals surface area contributed by atoms with Crippen molar-refractivity contribution in [3.05, 3.63) is 48.6 Å². The van der Waals surface area contributed by atoms with Gasteiger partial charge in [-0.05, 0) is 30.9 Å². The van der Waals surface area contributed by atoms with Gasteiger partial charge in [-0.25, -0.2) is 0 Å². The molecule has 1 fully saturated rings. The van der Waals surface area contributed by atoms with Gasteiger partial charge in [0.15, 0.2) is 0 Å². The van der Waals surface area contributed by atoms with Gasteiger partial charge in [0, 0.05) is 12.5 Å². The lowest BCUT2D eigenvalue weighted by molar-refractivity contribution is 0.0684. The quantitative estimate of drug-likeness (QED) is 0.635. The van der Waals surface area contributed by atoms with Gasteiger partial charge in [-0.15, -0.1) is 0 Å². The maximum atomic E-state index is 5.47. The largest absolute Gasteiger partial charge is 0.381 e. The SMILES string of the molecule is C=C/C(=C\C(=C)C(=C)C)C1CCCOC1. The van der Waals surface area contributed by atoms with Gasteiger partial charge >= 0.3 is 0 Å². The van der Waals surface area contributed by atoms with E-state index in [1.165, 1.54) is 12.0 Å². The van der Waals surface area contributed by atoms with Crippen molar-refractivity contribution in [1.29, 1.82) is 0 Å². The number of hydrogen-bond acceptors (Lipinski definition) is 1. The molecular formula is C14H20O. The molecular weight excluding hydrogens is 184 g/mol. The van der Waals surface area contributed by atoms with E-state index in [0.29, 0.717) is 5.92 Å². The third kappa shape index (κ3) is 3.52. The van der Waals surface area contributed by atoms with Crippen molar-refractivity contribution in [2.45, 2.75) is 19.8 Å². The van der Waals surface area contributed by atoms with Gasteiger partial charge in [-0.2, -0.15) is 0 Å². The average Bonchev–Trinajstić information content (AvgIpc) is 2.26. The van der Waals surface area contributed by atoms with Crippen LogP contribution in [-0.2, 0) is 4.74 Å². The molecule has 1 atom stereocenters. The maximum absolute atomic E-state index is 5.47. The Morgan fingerprint density at radius 1 is 1.40 bits per heavy atom.